The molecule has 0 bridgehead atoms. The second-order valence-corrected chi connectivity index (χ2v) is 11.5. The van der Waals surface area contributed by atoms with Crippen molar-refractivity contribution in [3.63, 3.8) is 0 Å². The smallest absolute Gasteiger partial charge is 0.269 e. The Kier molecular flexibility index (Phi) is 7.54. The number of pyridine rings is 1. The van der Waals surface area contributed by atoms with Crippen LogP contribution in [0.15, 0.2) is 140 Å². The van der Waals surface area contributed by atoms with Crippen LogP contribution in [0.5, 0.6) is 0 Å². The van der Waals surface area contributed by atoms with Crippen LogP contribution in [0.2, 0.25) is 0 Å². The zero-order chi connectivity index (χ0) is 27.5. The lowest BCUT2D eigenvalue weighted by Gasteiger charge is -2.26. The van der Waals surface area contributed by atoms with E-state index in [2.05, 4.69) is 27.3 Å². The number of hydrogen-bond acceptors (Lipinski definition) is 7. The van der Waals surface area contributed by atoms with Crippen molar-refractivity contribution in [1.29, 1.82) is 0 Å². The SMILES string of the molecule is O=[N+]([O-])c1ccc(Sc2ccc(N3C(=S)N[C@@H](c4ccccn4)[C@@H]3c3ccc(Sc4ccccc4)o3)cc2)cc1. The number of non-ortho nitro benzene ring substituents is 1. The highest BCUT2D eigenvalue weighted by Crippen LogP contribution is 2.44. The van der Waals surface area contributed by atoms with E-state index in [4.69, 9.17) is 16.6 Å². The summed E-state index contributed by atoms with van der Waals surface area (Å²) in [6.45, 7) is 0. The van der Waals surface area contributed by atoms with Crippen molar-refractivity contribution in [2.24, 2.45) is 0 Å². The summed E-state index contributed by atoms with van der Waals surface area (Å²) in [7, 11) is 0. The number of nitro benzene ring substituents is 1. The molecule has 0 spiro atoms. The lowest BCUT2D eigenvalue weighted by atomic mass is 10.0. The molecule has 1 saturated heterocycles. The number of benzene rings is 3. The van der Waals surface area contributed by atoms with E-state index >= 15 is 0 Å². The number of nitrogens with one attached hydrogen (secondary N) is 1. The molecule has 0 amide bonds. The molecule has 0 unspecified atom stereocenters. The van der Waals surface area contributed by atoms with Crippen molar-refractivity contribution >= 4 is 52.2 Å². The molecule has 1 N–H and O–H groups in total. The minimum Gasteiger partial charge on any atom is -0.452 e. The van der Waals surface area contributed by atoms with Gasteiger partial charge in [-0.3, -0.25) is 15.1 Å². The highest BCUT2D eigenvalue weighted by atomic mass is 32.2. The van der Waals surface area contributed by atoms with Gasteiger partial charge in [0, 0.05) is 38.7 Å². The van der Waals surface area contributed by atoms with Crippen LogP contribution in [0.4, 0.5) is 11.4 Å². The molecule has 2 atom stereocenters. The molecule has 10 heteroatoms. The molecule has 7 nitrogen and oxygen atoms in total. The summed E-state index contributed by atoms with van der Waals surface area (Å²) < 4.78 is 6.39. The Hall–Kier alpha value is -4.12. The molecule has 3 heterocycles. The normalized spacial score (nSPS) is 16.6. The van der Waals surface area contributed by atoms with Crippen molar-refractivity contribution in [2.45, 2.75) is 31.9 Å². The first-order chi connectivity index (χ1) is 19.5. The monoisotopic (exact) mass is 582 g/mol. The number of nitro groups is 1. The Balaban J connectivity index is 1.29. The van der Waals surface area contributed by atoms with Crippen LogP contribution in [0.1, 0.15) is 23.5 Å². The van der Waals surface area contributed by atoms with E-state index in [9.17, 15) is 10.1 Å². The predicted octanol–water partition coefficient (Wildman–Crippen LogP) is 8.06. The van der Waals surface area contributed by atoms with E-state index in [1.165, 1.54) is 23.9 Å². The summed E-state index contributed by atoms with van der Waals surface area (Å²) in [5.74, 6) is 0.783. The van der Waals surface area contributed by atoms with Crippen LogP contribution in [0.25, 0.3) is 0 Å². The quantitative estimate of drug-likeness (QED) is 0.111. The summed E-state index contributed by atoms with van der Waals surface area (Å²) in [6.07, 6.45) is 1.78. The average Bonchev–Trinajstić information content (AvgIpc) is 3.58. The van der Waals surface area contributed by atoms with Crippen LogP contribution in [0.3, 0.4) is 0 Å². The van der Waals surface area contributed by atoms with Gasteiger partial charge in [0.2, 0.25) is 0 Å². The van der Waals surface area contributed by atoms with Gasteiger partial charge in [0.25, 0.3) is 5.69 Å². The molecular formula is C30H22N4O3S3. The van der Waals surface area contributed by atoms with E-state index in [0.717, 1.165) is 36.9 Å². The maximum Gasteiger partial charge on any atom is 0.269 e. The van der Waals surface area contributed by atoms with E-state index in [0.29, 0.717) is 5.11 Å². The zero-order valence-electron chi connectivity index (χ0n) is 20.9. The summed E-state index contributed by atoms with van der Waals surface area (Å²) in [5.41, 5.74) is 1.87. The van der Waals surface area contributed by atoms with Gasteiger partial charge in [-0.05, 0) is 85.0 Å². The topological polar surface area (TPSA) is 84.4 Å². The number of nitrogens with zero attached hydrogens (tertiary/aromatic N) is 3. The molecule has 1 aliphatic rings. The Bertz CT molecular complexity index is 1630. The lowest BCUT2D eigenvalue weighted by molar-refractivity contribution is -0.384. The first-order valence-electron chi connectivity index (χ1n) is 12.4. The molecule has 2 aromatic heterocycles. The van der Waals surface area contributed by atoms with E-state index in [1.54, 1.807) is 30.1 Å². The van der Waals surface area contributed by atoms with Gasteiger partial charge in [0.15, 0.2) is 10.2 Å². The van der Waals surface area contributed by atoms with Crippen molar-refractivity contribution in [3.8, 4) is 0 Å². The summed E-state index contributed by atoms with van der Waals surface area (Å²) in [6, 6.07) is 34.2. The van der Waals surface area contributed by atoms with Gasteiger partial charge in [0.1, 0.15) is 11.8 Å². The van der Waals surface area contributed by atoms with Crippen molar-refractivity contribution < 1.29 is 9.34 Å². The second kappa shape index (κ2) is 11.5. The minimum absolute atomic E-state index is 0.0755. The van der Waals surface area contributed by atoms with Crippen molar-refractivity contribution in [1.82, 2.24) is 10.3 Å². The van der Waals surface area contributed by atoms with E-state index < -0.39 is 4.92 Å². The summed E-state index contributed by atoms with van der Waals surface area (Å²) in [5, 5.41) is 15.8. The average molecular weight is 583 g/mol. The fourth-order valence-electron chi connectivity index (χ4n) is 4.52. The van der Waals surface area contributed by atoms with Gasteiger partial charge >= 0.3 is 0 Å². The summed E-state index contributed by atoms with van der Waals surface area (Å²) >= 11 is 8.95. The highest BCUT2D eigenvalue weighted by molar-refractivity contribution is 7.99. The molecule has 40 heavy (non-hydrogen) atoms. The van der Waals surface area contributed by atoms with Gasteiger partial charge in [0.05, 0.1) is 16.7 Å². The first-order valence-corrected chi connectivity index (χ1v) is 14.4. The predicted molar refractivity (Wildman–Crippen MR) is 161 cm³/mol. The lowest BCUT2D eigenvalue weighted by Crippen LogP contribution is -2.29. The Morgan fingerprint density at radius 2 is 1.50 bits per heavy atom. The first kappa shape index (κ1) is 26.1. The van der Waals surface area contributed by atoms with Crippen LogP contribution in [0, 0.1) is 10.1 Å². The van der Waals surface area contributed by atoms with Gasteiger partial charge in [-0.1, -0.05) is 47.8 Å². The third-order valence-electron chi connectivity index (χ3n) is 6.35. The molecular weight excluding hydrogens is 561 g/mol. The van der Waals surface area contributed by atoms with Crippen LogP contribution in [-0.2, 0) is 0 Å². The number of thiocarbonyl (C=S) groups is 1. The Morgan fingerprint density at radius 1 is 0.825 bits per heavy atom. The highest BCUT2D eigenvalue weighted by Gasteiger charge is 2.42. The molecule has 0 aliphatic carbocycles. The number of aromatic nitrogens is 1. The van der Waals surface area contributed by atoms with Crippen molar-refractivity contribution in [2.75, 3.05) is 4.90 Å². The Labute approximate surface area is 244 Å². The molecule has 0 radical (unpaired) electrons. The number of hydrogen-bond donors (Lipinski definition) is 1. The fraction of sp³-hybridized carbons (Fsp3) is 0.0667. The molecule has 3 aromatic carbocycles. The third kappa shape index (κ3) is 5.60. The molecule has 198 valence electrons. The molecule has 0 saturated carbocycles. The third-order valence-corrected chi connectivity index (χ3v) is 8.61. The standard InChI is InChI=1S/C30H22N4O3S3/c35-34(36)21-11-15-24(16-12-21)39-23-13-9-20(10-14-23)33-29(28(32-30(33)38)25-8-4-5-19-31-25)26-17-18-27(37-26)40-22-6-2-1-3-7-22/h1-19,28-29H,(H,32,38)/t28-,29-/m0/s1. The molecule has 1 aliphatic heterocycles. The summed E-state index contributed by atoms with van der Waals surface area (Å²) in [4.78, 5) is 20.3. The fourth-order valence-corrected chi connectivity index (χ4v) is 6.48. The van der Waals surface area contributed by atoms with Gasteiger partial charge in [-0.2, -0.15) is 0 Å². The van der Waals surface area contributed by atoms with Gasteiger partial charge in [-0.15, -0.1) is 0 Å². The van der Waals surface area contributed by atoms with E-state index in [1.807, 2.05) is 72.8 Å². The maximum atomic E-state index is 11.0. The molecule has 5 aromatic rings. The largest absolute Gasteiger partial charge is 0.452 e. The van der Waals surface area contributed by atoms with Crippen LogP contribution < -0.4 is 10.2 Å². The second-order valence-electron chi connectivity index (χ2n) is 8.92. The van der Waals surface area contributed by atoms with Crippen LogP contribution >= 0.6 is 35.7 Å². The van der Waals surface area contributed by atoms with Crippen LogP contribution in [-0.4, -0.2) is 15.0 Å². The number of rotatable bonds is 8. The van der Waals surface area contributed by atoms with Gasteiger partial charge < -0.3 is 14.6 Å². The van der Waals surface area contributed by atoms with E-state index in [-0.39, 0.29) is 17.8 Å². The number of anilines is 1. The maximum absolute atomic E-state index is 11.0. The minimum atomic E-state index is -0.396. The Morgan fingerprint density at radius 3 is 2.17 bits per heavy atom. The molecule has 6 rings (SSSR count). The van der Waals surface area contributed by atoms with Gasteiger partial charge in [-0.25, -0.2) is 0 Å². The van der Waals surface area contributed by atoms with Crippen molar-refractivity contribution in [3.05, 3.63) is 137 Å². The zero-order valence-corrected chi connectivity index (χ0v) is 23.4. The molecule has 1 fully saturated rings. The number of furan rings is 1.